The van der Waals surface area contributed by atoms with Crippen LogP contribution in [0.25, 0.3) is 0 Å². The fraction of sp³-hybridized carbons (Fsp3) is 0.500. The van der Waals surface area contributed by atoms with Crippen molar-refractivity contribution in [1.29, 1.82) is 0 Å². The first-order chi connectivity index (χ1) is 8.61. The number of nitrogens with zero attached hydrogens (tertiary/aromatic N) is 2. The first kappa shape index (κ1) is 12.9. The predicted octanol–water partition coefficient (Wildman–Crippen LogP) is 1.61. The molecule has 0 aliphatic carbocycles. The molecule has 1 aromatic carbocycles. The SMILES string of the molecule is COC1CCN(C(=O)c2ccc(N(C)C)cc2)C1. The van der Waals surface area contributed by atoms with Crippen molar-refractivity contribution in [2.45, 2.75) is 12.5 Å². The summed E-state index contributed by atoms with van der Waals surface area (Å²) in [6.45, 7) is 1.48. The number of amides is 1. The number of carbonyl (C=O) groups excluding carboxylic acids is 1. The van der Waals surface area contributed by atoms with Gasteiger partial charge in [0, 0.05) is 45.5 Å². The van der Waals surface area contributed by atoms with E-state index in [1.54, 1.807) is 7.11 Å². The van der Waals surface area contributed by atoms with Crippen LogP contribution in [-0.2, 0) is 4.74 Å². The average Bonchev–Trinajstić information content (AvgIpc) is 2.86. The van der Waals surface area contributed by atoms with Crippen molar-refractivity contribution in [3.05, 3.63) is 29.8 Å². The van der Waals surface area contributed by atoms with Gasteiger partial charge in [-0.25, -0.2) is 0 Å². The Bertz CT molecular complexity index is 414. The van der Waals surface area contributed by atoms with Crippen molar-refractivity contribution in [1.82, 2.24) is 4.90 Å². The maximum Gasteiger partial charge on any atom is 0.253 e. The minimum atomic E-state index is 0.0971. The maximum atomic E-state index is 12.2. The zero-order valence-corrected chi connectivity index (χ0v) is 11.2. The minimum Gasteiger partial charge on any atom is -0.380 e. The number of anilines is 1. The van der Waals surface area contributed by atoms with Gasteiger partial charge in [-0.15, -0.1) is 0 Å². The van der Waals surface area contributed by atoms with Crippen molar-refractivity contribution in [3.8, 4) is 0 Å². The van der Waals surface area contributed by atoms with Crippen LogP contribution in [0.3, 0.4) is 0 Å². The number of hydrogen-bond acceptors (Lipinski definition) is 3. The Balaban J connectivity index is 2.05. The van der Waals surface area contributed by atoms with Gasteiger partial charge in [0.15, 0.2) is 0 Å². The van der Waals surface area contributed by atoms with E-state index in [0.717, 1.165) is 24.2 Å². The summed E-state index contributed by atoms with van der Waals surface area (Å²) in [5.41, 5.74) is 1.85. The van der Waals surface area contributed by atoms with Gasteiger partial charge in [-0.1, -0.05) is 0 Å². The Kier molecular flexibility index (Phi) is 3.87. The molecule has 1 fully saturated rings. The number of carbonyl (C=O) groups is 1. The number of methoxy groups -OCH3 is 1. The molecule has 0 saturated carbocycles. The van der Waals surface area contributed by atoms with E-state index < -0.39 is 0 Å². The molecule has 0 N–H and O–H groups in total. The van der Waals surface area contributed by atoms with E-state index in [1.807, 2.05) is 48.2 Å². The molecule has 1 amide bonds. The van der Waals surface area contributed by atoms with E-state index in [2.05, 4.69) is 0 Å². The molecule has 2 rings (SSSR count). The molecule has 4 nitrogen and oxygen atoms in total. The molecule has 1 heterocycles. The highest BCUT2D eigenvalue weighted by Crippen LogP contribution is 2.17. The van der Waals surface area contributed by atoms with Gasteiger partial charge in [-0.3, -0.25) is 4.79 Å². The summed E-state index contributed by atoms with van der Waals surface area (Å²) in [6, 6.07) is 7.71. The third-order valence-electron chi connectivity index (χ3n) is 3.40. The summed E-state index contributed by atoms with van der Waals surface area (Å²) in [5.74, 6) is 0.0971. The van der Waals surface area contributed by atoms with Crippen LogP contribution in [-0.4, -0.2) is 51.2 Å². The summed E-state index contributed by atoms with van der Waals surface area (Å²) in [6.07, 6.45) is 1.12. The fourth-order valence-electron chi connectivity index (χ4n) is 2.19. The molecule has 18 heavy (non-hydrogen) atoms. The summed E-state index contributed by atoms with van der Waals surface area (Å²) in [4.78, 5) is 16.1. The molecule has 0 aromatic heterocycles. The van der Waals surface area contributed by atoms with Gasteiger partial charge in [0.1, 0.15) is 0 Å². The zero-order chi connectivity index (χ0) is 13.1. The van der Waals surface area contributed by atoms with Gasteiger partial charge in [0.2, 0.25) is 0 Å². The lowest BCUT2D eigenvalue weighted by Gasteiger charge is -2.17. The quantitative estimate of drug-likeness (QED) is 0.815. The molecule has 1 aliphatic heterocycles. The third-order valence-corrected chi connectivity index (χ3v) is 3.40. The lowest BCUT2D eigenvalue weighted by molar-refractivity contribution is 0.0724. The highest BCUT2D eigenvalue weighted by Gasteiger charge is 2.26. The Labute approximate surface area is 108 Å². The summed E-state index contributed by atoms with van der Waals surface area (Å²) >= 11 is 0. The second-order valence-electron chi connectivity index (χ2n) is 4.84. The monoisotopic (exact) mass is 248 g/mol. The predicted molar refractivity (Wildman–Crippen MR) is 72.1 cm³/mol. The lowest BCUT2D eigenvalue weighted by atomic mass is 10.2. The number of hydrogen-bond donors (Lipinski definition) is 0. The molecule has 1 aromatic rings. The molecule has 0 spiro atoms. The minimum absolute atomic E-state index is 0.0971. The van der Waals surface area contributed by atoms with Crippen molar-refractivity contribution in [2.24, 2.45) is 0 Å². The molecule has 1 aliphatic rings. The van der Waals surface area contributed by atoms with Crippen LogP contribution in [0.1, 0.15) is 16.8 Å². The van der Waals surface area contributed by atoms with Crippen LogP contribution in [0, 0.1) is 0 Å². The van der Waals surface area contributed by atoms with Crippen LogP contribution in [0.5, 0.6) is 0 Å². The molecule has 0 radical (unpaired) electrons. The van der Waals surface area contributed by atoms with E-state index >= 15 is 0 Å². The van der Waals surface area contributed by atoms with Gasteiger partial charge in [-0.2, -0.15) is 0 Å². The van der Waals surface area contributed by atoms with Gasteiger partial charge >= 0.3 is 0 Å². The smallest absolute Gasteiger partial charge is 0.253 e. The molecule has 1 unspecified atom stereocenters. The molecule has 1 saturated heterocycles. The highest BCUT2D eigenvalue weighted by atomic mass is 16.5. The summed E-state index contributed by atoms with van der Waals surface area (Å²) in [5, 5.41) is 0. The fourth-order valence-corrected chi connectivity index (χ4v) is 2.19. The van der Waals surface area contributed by atoms with Gasteiger partial charge in [0.05, 0.1) is 6.10 Å². The second-order valence-corrected chi connectivity index (χ2v) is 4.84. The number of likely N-dealkylation sites (tertiary alicyclic amines) is 1. The summed E-state index contributed by atoms with van der Waals surface area (Å²) < 4.78 is 5.28. The van der Waals surface area contributed by atoms with Gasteiger partial charge in [0.25, 0.3) is 5.91 Å². The Morgan fingerprint density at radius 3 is 2.50 bits per heavy atom. The normalized spacial score (nSPS) is 19.1. The molecule has 0 bridgehead atoms. The van der Waals surface area contributed by atoms with Crippen LogP contribution >= 0.6 is 0 Å². The number of benzene rings is 1. The largest absolute Gasteiger partial charge is 0.380 e. The van der Waals surface area contributed by atoms with Crippen molar-refractivity contribution < 1.29 is 9.53 Å². The van der Waals surface area contributed by atoms with Crippen molar-refractivity contribution >= 4 is 11.6 Å². The molecule has 4 heteroatoms. The van der Waals surface area contributed by atoms with Crippen molar-refractivity contribution in [2.75, 3.05) is 39.2 Å². The summed E-state index contributed by atoms with van der Waals surface area (Å²) in [7, 11) is 5.67. The van der Waals surface area contributed by atoms with E-state index in [4.69, 9.17) is 4.74 Å². The zero-order valence-electron chi connectivity index (χ0n) is 11.2. The van der Waals surface area contributed by atoms with E-state index in [0.29, 0.717) is 6.54 Å². The Morgan fingerprint density at radius 2 is 2.00 bits per heavy atom. The number of ether oxygens (including phenoxy) is 1. The van der Waals surface area contributed by atoms with E-state index in [9.17, 15) is 4.79 Å². The number of rotatable bonds is 3. The average molecular weight is 248 g/mol. The Morgan fingerprint density at radius 1 is 1.33 bits per heavy atom. The van der Waals surface area contributed by atoms with E-state index in [-0.39, 0.29) is 12.0 Å². The van der Waals surface area contributed by atoms with Gasteiger partial charge in [-0.05, 0) is 30.7 Å². The van der Waals surface area contributed by atoms with Crippen molar-refractivity contribution in [3.63, 3.8) is 0 Å². The van der Waals surface area contributed by atoms with Crippen LogP contribution < -0.4 is 4.90 Å². The topological polar surface area (TPSA) is 32.8 Å². The molecular weight excluding hydrogens is 228 g/mol. The van der Waals surface area contributed by atoms with E-state index in [1.165, 1.54) is 0 Å². The van der Waals surface area contributed by atoms with Crippen LogP contribution in [0.4, 0.5) is 5.69 Å². The maximum absolute atomic E-state index is 12.2. The second kappa shape index (κ2) is 5.40. The third kappa shape index (κ3) is 2.64. The van der Waals surface area contributed by atoms with Crippen LogP contribution in [0.15, 0.2) is 24.3 Å². The highest BCUT2D eigenvalue weighted by molar-refractivity contribution is 5.94. The standard InChI is InChI=1S/C14H20N2O2/c1-15(2)12-6-4-11(5-7-12)14(17)16-9-8-13(10-16)18-3/h4-7,13H,8-10H2,1-3H3. The van der Waals surface area contributed by atoms with Crippen LogP contribution in [0.2, 0.25) is 0 Å². The lowest BCUT2D eigenvalue weighted by Crippen LogP contribution is -2.29. The first-order valence-corrected chi connectivity index (χ1v) is 6.21. The molecule has 1 atom stereocenters. The first-order valence-electron chi connectivity index (χ1n) is 6.21. The molecular formula is C14H20N2O2. The molecule has 98 valence electrons. The van der Waals surface area contributed by atoms with Gasteiger partial charge < -0.3 is 14.5 Å². The Hall–Kier alpha value is -1.55.